The van der Waals surface area contributed by atoms with Crippen LogP contribution in [0, 0.1) is 5.82 Å². The summed E-state index contributed by atoms with van der Waals surface area (Å²) in [5.74, 6) is -1.29. The number of carbonyl (C=O) groups excluding carboxylic acids is 2. The number of carbonyl (C=O) groups is 2. The summed E-state index contributed by atoms with van der Waals surface area (Å²) in [6.45, 7) is 0. The summed E-state index contributed by atoms with van der Waals surface area (Å²) >= 11 is 0. The maximum Gasteiger partial charge on any atom is 0.379 e. The molecule has 0 aliphatic carbocycles. The van der Waals surface area contributed by atoms with Gasteiger partial charge in [-0.15, -0.1) is 12.4 Å². The summed E-state index contributed by atoms with van der Waals surface area (Å²) in [5.41, 5.74) is 0.946. The molecule has 31 heavy (non-hydrogen) atoms. The number of benzene rings is 2. The number of rotatable bonds is 5. The van der Waals surface area contributed by atoms with Crippen LogP contribution in [0.3, 0.4) is 0 Å². The number of nitrogens with zero attached hydrogens (tertiary/aromatic N) is 1. The summed E-state index contributed by atoms with van der Waals surface area (Å²) in [7, 11) is 1.42. The monoisotopic (exact) mass is 443 g/mol. The van der Waals surface area contributed by atoms with Crippen LogP contribution in [0.5, 0.6) is 11.5 Å². The van der Waals surface area contributed by atoms with Gasteiger partial charge >= 0.3 is 11.9 Å². The summed E-state index contributed by atoms with van der Waals surface area (Å²) in [6, 6.07) is 13.3. The van der Waals surface area contributed by atoms with E-state index in [-0.39, 0.29) is 41.3 Å². The van der Waals surface area contributed by atoms with Gasteiger partial charge in [-0.3, -0.25) is 0 Å². The highest BCUT2D eigenvalue weighted by Gasteiger charge is 2.24. The molecule has 1 aliphatic heterocycles. The highest BCUT2D eigenvalue weighted by molar-refractivity contribution is 6.12. The van der Waals surface area contributed by atoms with E-state index in [1.54, 1.807) is 24.3 Å². The molecule has 0 radical (unpaired) electrons. The van der Waals surface area contributed by atoms with E-state index in [2.05, 4.69) is 4.99 Å². The van der Waals surface area contributed by atoms with Gasteiger partial charge in [0.15, 0.2) is 17.2 Å². The van der Waals surface area contributed by atoms with E-state index < -0.39 is 17.8 Å². The fourth-order valence-corrected chi connectivity index (χ4v) is 2.72. The Morgan fingerprint density at radius 2 is 1.94 bits per heavy atom. The number of hydrogen-bond acceptors (Lipinski definition) is 7. The zero-order chi connectivity index (χ0) is 21.1. The van der Waals surface area contributed by atoms with Crippen LogP contribution in [0.2, 0.25) is 0 Å². The Morgan fingerprint density at radius 3 is 2.65 bits per heavy atom. The number of aliphatic imine (C=N–C) groups is 1. The number of furan rings is 1. The third kappa shape index (κ3) is 4.81. The molecule has 0 saturated carbocycles. The lowest BCUT2D eigenvalue weighted by Gasteiger charge is -2.09. The molecule has 158 valence electrons. The van der Waals surface area contributed by atoms with Crippen LogP contribution >= 0.6 is 12.4 Å². The molecule has 0 bridgehead atoms. The molecule has 0 saturated heterocycles. The fourth-order valence-electron chi connectivity index (χ4n) is 2.72. The number of halogens is 2. The third-order valence-corrected chi connectivity index (χ3v) is 4.11. The maximum atomic E-state index is 13.4. The fraction of sp³-hybridized carbons (Fsp3) is 0.0455. The van der Waals surface area contributed by atoms with Crippen LogP contribution in [0.15, 0.2) is 76.0 Å². The minimum Gasteiger partial charge on any atom is -0.493 e. The lowest BCUT2D eigenvalue weighted by molar-refractivity contribution is -0.129. The molecule has 0 fully saturated rings. The van der Waals surface area contributed by atoms with Crippen molar-refractivity contribution < 1.29 is 32.6 Å². The normalized spacial score (nSPS) is 13.9. The molecule has 4 rings (SSSR count). The van der Waals surface area contributed by atoms with Crippen molar-refractivity contribution in [1.29, 1.82) is 0 Å². The molecule has 0 amide bonds. The molecule has 1 aliphatic rings. The van der Waals surface area contributed by atoms with E-state index in [0.29, 0.717) is 11.1 Å². The van der Waals surface area contributed by atoms with Crippen LogP contribution in [0.1, 0.15) is 21.7 Å². The van der Waals surface area contributed by atoms with Crippen LogP contribution in [0.4, 0.5) is 4.39 Å². The van der Waals surface area contributed by atoms with Gasteiger partial charge < -0.3 is 18.6 Å². The van der Waals surface area contributed by atoms with Gasteiger partial charge in [-0.1, -0.05) is 12.1 Å². The van der Waals surface area contributed by atoms with Crippen LogP contribution in [-0.2, 0) is 9.53 Å². The molecule has 9 heteroatoms. The SMILES string of the molecule is COc1cc(/C=C2\N=C(c3cccc(F)c3)OC2=O)ccc1OC(=O)c1ccco1.Cl. The Hall–Kier alpha value is -3.91. The Labute approximate surface area is 182 Å². The van der Waals surface area contributed by atoms with Crippen molar-refractivity contribution in [2.75, 3.05) is 7.11 Å². The minimum atomic E-state index is -0.673. The summed E-state index contributed by atoms with van der Waals surface area (Å²) in [6.07, 6.45) is 2.84. The Kier molecular flexibility index (Phi) is 6.52. The van der Waals surface area contributed by atoms with Gasteiger partial charge in [0.05, 0.1) is 13.4 Å². The first-order valence-corrected chi connectivity index (χ1v) is 8.76. The molecule has 2 heterocycles. The highest BCUT2D eigenvalue weighted by Crippen LogP contribution is 2.30. The van der Waals surface area contributed by atoms with Gasteiger partial charge in [-0.25, -0.2) is 19.0 Å². The average Bonchev–Trinajstić information content (AvgIpc) is 3.40. The quantitative estimate of drug-likeness (QED) is 0.330. The second-order valence-corrected chi connectivity index (χ2v) is 6.12. The van der Waals surface area contributed by atoms with E-state index in [1.807, 2.05) is 0 Å². The van der Waals surface area contributed by atoms with E-state index in [0.717, 1.165) is 0 Å². The molecular weight excluding hydrogens is 429 g/mol. The van der Waals surface area contributed by atoms with E-state index in [1.165, 1.54) is 49.8 Å². The largest absolute Gasteiger partial charge is 0.493 e. The van der Waals surface area contributed by atoms with Crippen molar-refractivity contribution in [2.24, 2.45) is 4.99 Å². The van der Waals surface area contributed by atoms with Crippen molar-refractivity contribution in [3.63, 3.8) is 0 Å². The van der Waals surface area contributed by atoms with Gasteiger partial charge in [0.25, 0.3) is 0 Å². The van der Waals surface area contributed by atoms with Crippen LogP contribution < -0.4 is 9.47 Å². The van der Waals surface area contributed by atoms with Crippen molar-refractivity contribution in [3.05, 3.63) is 89.3 Å². The predicted octanol–water partition coefficient (Wildman–Crippen LogP) is 4.41. The zero-order valence-electron chi connectivity index (χ0n) is 16.0. The number of esters is 2. The molecule has 0 atom stereocenters. The Morgan fingerprint density at radius 1 is 1.10 bits per heavy atom. The number of hydrogen-bond donors (Lipinski definition) is 0. The second-order valence-electron chi connectivity index (χ2n) is 6.12. The van der Waals surface area contributed by atoms with Crippen molar-refractivity contribution in [3.8, 4) is 11.5 Å². The molecule has 0 unspecified atom stereocenters. The summed E-state index contributed by atoms with van der Waals surface area (Å²) < 4.78 is 34.1. The summed E-state index contributed by atoms with van der Waals surface area (Å²) in [5, 5.41) is 0. The van der Waals surface area contributed by atoms with E-state index in [4.69, 9.17) is 18.6 Å². The van der Waals surface area contributed by atoms with E-state index in [9.17, 15) is 14.0 Å². The Balaban J connectivity index is 0.00000272. The number of cyclic esters (lactones) is 1. The van der Waals surface area contributed by atoms with Gasteiger partial charge in [-0.05, 0) is 54.1 Å². The smallest absolute Gasteiger partial charge is 0.379 e. The standard InChI is InChI=1S/C22H14FNO6.ClH/c1-27-19-11-13(7-8-17(19)29-22(26)18-6-3-9-28-18)10-16-21(25)30-20(24-16)14-4-2-5-15(23)12-14;/h2-12H,1H3;1H/b16-10-;. The highest BCUT2D eigenvalue weighted by atomic mass is 35.5. The van der Waals surface area contributed by atoms with Crippen molar-refractivity contribution >= 4 is 36.3 Å². The minimum absolute atomic E-state index is 0. The maximum absolute atomic E-state index is 13.4. The summed E-state index contributed by atoms with van der Waals surface area (Å²) in [4.78, 5) is 28.3. The zero-order valence-corrected chi connectivity index (χ0v) is 16.9. The molecule has 0 spiro atoms. The Bertz CT molecular complexity index is 1190. The van der Waals surface area contributed by atoms with Gasteiger partial charge in [0, 0.05) is 5.56 Å². The predicted molar refractivity (Wildman–Crippen MR) is 111 cm³/mol. The van der Waals surface area contributed by atoms with Crippen molar-refractivity contribution in [2.45, 2.75) is 0 Å². The average molecular weight is 444 g/mol. The molecule has 1 aromatic heterocycles. The number of ether oxygens (including phenoxy) is 3. The molecular formula is C22H15ClFNO6. The first-order valence-electron chi connectivity index (χ1n) is 8.76. The van der Waals surface area contributed by atoms with Crippen LogP contribution in [0.25, 0.3) is 6.08 Å². The van der Waals surface area contributed by atoms with Gasteiger partial charge in [0.1, 0.15) is 5.82 Å². The first kappa shape index (κ1) is 21.8. The first-order chi connectivity index (χ1) is 14.5. The van der Waals surface area contributed by atoms with Crippen LogP contribution in [-0.4, -0.2) is 24.9 Å². The second kappa shape index (κ2) is 9.27. The van der Waals surface area contributed by atoms with Crippen molar-refractivity contribution in [1.82, 2.24) is 0 Å². The molecule has 0 N–H and O–H groups in total. The molecule has 7 nitrogen and oxygen atoms in total. The van der Waals surface area contributed by atoms with Gasteiger partial charge in [-0.2, -0.15) is 0 Å². The topological polar surface area (TPSA) is 87.3 Å². The molecule has 3 aromatic rings. The lowest BCUT2D eigenvalue weighted by Crippen LogP contribution is -2.08. The lowest BCUT2D eigenvalue weighted by atomic mass is 10.1. The third-order valence-electron chi connectivity index (χ3n) is 4.11. The molecule has 2 aromatic carbocycles. The van der Waals surface area contributed by atoms with Gasteiger partial charge in [0.2, 0.25) is 11.7 Å². The van der Waals surface area contributed by atoms with E-state index >= 15 is 0 Å². The number of methoxy groups -OCH3 is 1.